The zero-order valence-corrected chi connectivity index (χ0v) is 17.8. The number of likely N-dealkylation sites (tertiary alicyclic amines) is 1. The number of H-pyrrole nitrogens is 1. The van der Waals surface area contributed by atoms with Gasteiger partial charge in [-0.25, -0.2) is 4.98 Å². The Morgan fingerprint density at radius 2 is 2.06 bits per heavy atom. The topological polar surface area (TPSA) is 143 Å². The maximum Gasteiger partial charge on any atom is 0.313 e. The molecule has 0 saturated carbocycles. The number of pyridine rings is 1. The van der Waals surface area contributed by atoms with Gasteiger partial charge in [0.15, 0.2) is 0 Å². The monoisotopic (exact) mass is 436 g/mol. The molecule has 2 atom stereocenters. The van der Waals surface area contributed by atoms with Gasteiger partial charge >= 0.3 is 11.8 Å². The van der Waals surface area contributed by atoms with Crippen molar-refractivity contribution in [2.75, 3.05) is 19.0 Å². The minimum absolute atomic E-state index is 0.00820. The molecule has 1 aliphatic heterocycles. The number of anilines is 1. The number of nitrogens with one attached hydrogen (secondary N) is 2. The van der Waals surface area contributed by atoms with Crippen molar-refractivity contribution in [3.8, 4) is 5.88 Å². The number of amides is 3. The maximum absolute atomic E-state index is 13.2. The molecule has 0 radical (unpaired) electrons. The third-order valence-corrected chi connectivity index (χ3v) is 5.72. The molecule has 0 unspecified atom stereocenters. The van der Waals surface area contributed by atoms with Crippen LogP contribution in [0.15, 0.2) is 36.7 Å². The largest absolute Gasteiger partial charge is 0.480 e. The molecule has 1 aromatic carbocycles. The van der Waals surface area contributed by atoms with Crippen molar-refractivity contribution in [2.45, 2.75) is 25.8 Å². The van der Waals surface area contributed by atoms with Crippen molar-refractivity contribution < 1.29 is 19.1 Å². The highest BCUT2D eigenvalue weighted by Gasteiger charge is 2.35. The number of benzene rings is 1. The molecule has 4 rings (SSSR count). The van der Waals surface area contributed by atoms with E-state index < -0.39 is 17.7 Å². The first kappa shape index (κ1) is 21.3. The molecule has 2 aromatic heterocycles. The lowest BCUT2D eigenvalue weighted by Crippen LogP contribution is -2.46. The predicted molar refractivity (Wildman–Crippen MR) is 117 cm³/mol. The van der Waals surface area contributed by atoms with E-state index in [4.69, 9.17) is 10.5 Å². The number of ether oxygens (including phenoxy) is 1. The normalized spacial score (nSPS) is 18.4. The van der Waals surface area contributed by atoms with E-state index in [-0.39, 0.29) is 29.1 Å². The lowest BCUT2D eigenvalue weighted by atomic mass is 9.88. The van der Waals surface area contributed by atoms with Crippen LogP contribution in [0.3, 0.4) is 0 Å². The van der Waals surface area contributed by atoms with Crippen molar-refractivity contribution in [1.29, 1.82) is 0 Å². The van der Waals surface area contributed by atoms with Gasteiger partial charge in [-0.1, -0.05) is 19.1 Å². The van der Waals surface area contributed by atoms with Gasteiger partial charge in [0.2, 0.25) is 5.88 Å². The second-order valence-electron chi connectivity index (χ2n) is 7.93. The lowest BCUT2D eigenvalue weighted by molar-refractivity contribution is -0.146. The third-order valence-electron chi connectivity index (χ3n) is 5.72. The van der Waals surface area contributed by atoms with Crippen LogP contribution in [0.1, 0.15) is 41.7 Å². The second-order valence-corrected chi connectivity index (χ2v) is 7.93. The molecule has 3 amide bonds. The van der Waals surface area contributed by atoms with Crippen LogP contribution in [0.25, 0.3) is 10.9 Å². The van der Waals surface area contributed by atoms with Crippen LogP contribution in [0.5, 0.6) is 5.88 Å². The number of hydrogen-bond donors (Lipinski definition) is 3. The van der Waals surface area contributed by atoms with Gasteiger partial charge in [-0.2, -0.15) is 5.10 Å². The molecule has 1 saturated heterocycles. The number of nitrogens with two attached hydrogens (primary N) is 1. The summed E-state index contributed by atoms with van der Waals surface area (Å²) in [6.07, 6.45) is 4.72. The van der Waals surface area contributed by atoms with E-state index >= 15 is 0 Å². The third kappa shape index (κ3) is 3.98. The Hall–Kier alpha value is -3.95. The summed E-state index contributed by atoms with van der Waals surface area (Å²) >= 11 is 0. The number of carbonyl (C=O) groups is 3. The molecular weight excluding hydrogens is 412 g/mol. The van der Waals surface area contributed by atoms with Crippen LogP contribution in [0, 0.1) is 5.92 Å². The Morgan fingerprint density at radius 1 is 1.25 bits per heavy atom. The summed E-state index contributed by atoms with van der Waals surface area (Å²) in [6.45, 7) is 2.51. The van der Waals surface area contributed by atoms with Crippen molar-refractivity contribution in [3.05, 3.63) is 47.8 Å². The van der Waals surface area contributed by atoms with Gasteiger partial charge in [-0.3, -0.25) is 19.5 Å². The predicted octanol–water partition coefficient (Wildman–Crippen LogP) is 2.00. The van der Waals surface area contributed by atoms with Crippen molar-refractivity contribution in [2.24, 2.45) is 11.7 Å². The molecule has 166 valence electrons. The SMILES string of the molecule is COc1ncc(NC(=O)C(=O)N2C[C@@H](C)CC[C@@H]2c2cccc3[nH]ncc23)cc1C(N)=O. The number of piperidine rings is 1. The van der Waals surface area contributed by atoms with Crippen LogP contribution in [-0.2, 0) is 9.59 Å². The quantitative estimate of drug-likeness (QED) is 0.534. The van der Waals surface area contributed by atoms with Gasteiger partial charge in [-0.05, 0) is 36.5 Å². The molecule has 1 aliphatic rings. The summed E-state index contributed by atoms with van der Waals surface area (Å²) in [4.78, 5) is 43.3. The molecule has 10 nitrogen and oxygen atoms in total. The van der Waals surface area contributed by atoms with Crippen molar-refractivity contribution in [3.63, 3.8) is 0 Å². The number of carbonyl (C=O) groups excluding carboxylic acids is 3. The first-order valence-electron chi connectivity index (χ1n) is 10.3. The zero-order valence-electron chi connectivity index (χ0n) is 17.8. The highest BCUT2D eigenvalue weighted by atomic mass is 16.5. The number of hydrogen-bond acceptors (Lipinski definition) is 6. The van der Waals surface area contributed by atoms with Crippen LogP contribution >= 0.6 is 0 Å². The number of methoxy groups -OCH3 is 1. The Morgan fingerprint density at radius 3 is 2.81 bits per heavy atom. The van der Waals surface area contributed by atoms with E-state index in [2.05, 4.69) is 27.4 Å². The Kier molecular flexibility index (Phi) is 5.76. The summed E-state index contributed by atoms with van der Waals surface area (Å²) in [5.41, 5.74) is 7.36. The standard InChI is InChI=1S/C22H24N6O4/c1-12-6-7-18(14-4-3-5-17-16(14)10-25-27-17)28(11-12)22(31)20(30)26-13-8-15(19(23)29)21(32-2)24-9-13/h3-5,8-10,12,18H,6-7,11H2,1-2H3,(H2,23,29)(H,25,27)(H,26,30)/t12-,18+/m0/s1. The fourth-order valence-corrected chi connectivity index (χ4v) is 4.16. The fourth-order valence-electron chi connectivity index (χ4n) is 4.16. The average Bonchev–Trinajstić information content (AvgIpc) is 3.27. The van der Waals surface area contributed by atoms with E-state index in [1.807, 2.05) is 18.2 Å². The maximum atomic E-state index is 13.2. The van der Waals surface area contributed by atoms with Crippen LogP contribution in [0.2, 0.25) is 0 Å². The highest BCUT2D eigenvalue weighted by molar-refractivity contribution is 6.39. The number of fused-ring (bicyclic) bond motifs is 1. The molecule has 10 heteroatoms. The molecule has 32 heavy (non-hydrogen) atoms. The summed E-state index contributed by atoms with van der Waals surface area (Å²) in [6, 6.07) is 6.88. The van der Waals surface area contributed by atoms with Gasteiger partial charge in [0, 0.05) is 11.9 Å². The number of nitrogens with zero attached hydrogens (tertiary/aromatic N) is 3. The van der Waals surface area contributed by atoms with E-state index in [0.29, 0.717) is 6.54 Å². The summed E-state index contributed by atoms with van der Waals surface area (Å²) in [5, 5.41) is 10.5. The number of primary amides is 1. The Bertz CT molecular complexity index is 1190. The second kappa shape index (κ2) is 8.66. The Balaban J connectivity index is 1.60. The minimum atomic E-state index is -0.814. The lowest BCUT2D eigenvalue weighted by Gasteiger charge is -2.38. The van der Waals surface area contributed by atoms with Gasteiger partial charge in [0.05, 0.1) is 36.7 Å². The first-order valence-corrected chi connectivity index (χ1v) is 10.3. The summed E-state index contributed by atoms with van der Waals surface area (Å²) in [7, 11) is 1.36. The molecule has 3 aromatic rings. The van der Waals surface area contributed by atoms with E-state index in [1.165, 1.54) is 19.4 Å². The zero-order chi connectivity index (χ0) is 22.8. The average molecular weight is 436 g/mol. The highest BCUT2D eigenvalue weighted by Crippen LogP contribution is 2.36. The Labute approximate surface area is 184 Å². The van der Waals surface area contributed by atoms with E-state index in [9.17, 15) is 14.4 Å². The fraction of sp³-hybridized carbons (Fsp3) is 0.318. The van der Waals surface area contributed by atoms with Crippen LogP contribution in [0.4, 0.5) is 5.69 Å². The smallest absolute Gasteiger partial charge is 0.313 e. The van der Waals surface area contributed by atoms with Gasteiger partial charge in [0.1, 0.15) is 5.56 Å². The number of rotatable bonds is 4. The van der Waals surface area contributed by atoms with Crippen LogP contribution in [-0.4, -0.2) is 51.5 Å². The molecule has 0 spiro atoms. The summed E-state index contributed by atoms with van der Waals surface area (Å²) < 4.78 is 5.01. The van der Waals surface area contributed by atoms with E-state index in [0.717, 1.165) is 29.3 Å². The van der Waals surface area contributed by atoms with Gasteiger partial charge < -0.3 is 20.7 Å². The molecule has 1 fully saturated rings. The van der Waals surface area contributed by atoms with Crippen molar-refractivity contribution in [1.82, 2.24) is 20.1 Å². The van der Waals surface area contributed by atoms with Crippen molar-refractivity contribution >= 4 is 34.3 Å². The molecule has 0 aliphatic carbocycles. The minimum Gasteiger partial charge on any atom is -0.480 e. The van der Waals surface area contributed by atoms with Gasteiger partial charge in [0.25, 0.3) is 5.91 Å². The van der Waals surface area contributed by atoms with Gasteiger partial charge in [-0.15, -0.1) is 0 Å². The molecule has 0 bridgehead atoms. The molecule has 4 N–H and O–H groups in total. The molecular formula is C22H24N6O4. The molecule has 3 heterocycles. The summed E-state index contributed by atoms with van der Waals surface area (Å²) in [5.74, 6) is -1.92. The van der Waals surface area contributed by atoms with Crippen LogP contribution < -0.4 is 15.8 Å². The number of aromatic amines is 1. The number of aromatic nitrogens is 3. The van der Waals surface area contributed by atoms with E-state index in [1.54, 1.807) is 11.1 Å². The first-order chi connectivity index (χ1) is 15.4.